The van der Waals surface area contributed by atoms with Crippen LogP contribution < -0.4 is 9.47 Å². The van der Waals surface area contributed by atoms with Crippen molar-refractivity contribution in [3.05, 3.63) is 39.3 Å². The highest BCUT2D eigenvalue weighted by Crippen LogP contribution is 2.32. The van der Waals surface area contributed by atoms with Gasteiger partial charge in [0.15, 0.2) is 11.5 Å². The van der Waals surface area contributed by atoms with E-state index in [1.54, 1.807) is 11.3 Å². The first kappa shape index (κ1) is 18.3. The van der Waals surface area contributed by atoms with Crippen molar-refractivity contribution in [3.63, 3.8) is 0 Å². The van der Waals surface area contributed by atoms with Crippen LogP contribution in [0.15, 0.2) is 18.2 Å². The lowest BCUT2D eigenvalue weighted by Gasteiger charge is -2.34. The quantitative estimate of drug-likeness (QED) is 0.790. The number of rotatable bonds is 5. The number of carbonyl (C=O) groups excluding carboxylic acids is 1. The summed E-state index contributed by atoms with van der Waals surface area (Å²) in [6.07, 6.45) is 1.30. The molecule has 1 fully saturated rings. The number of aromatic nitrogens is 1. The molecule has 7 heteroatoms. The lowest BCUT2D eigenvalue weighted by Crippen LogP contribution is -2.48. The standard InChI is InChI=1S/C20H25N3O3S/c1-14-15(2)27-19(21-14)5-6-20(24)23-9-7-22(8-10-23)12-16-3-4-17-18(11-16)26-13-25-17/h3-4,11H,5-10,12-13H2,1-2H3. The highest BCUT2D eigenvalue weighted by Gasteiger charge is 2.22. The number of fused-ring (bicyclic) bond motifs is 1. The molecule has 6 nitrogen and oxygen atoms in total. The fourth-order valence-corrected chi connectivity index (χ4v) is 4.40. The summed E-state index contributed by atoms with van der Waals surface area (Å²) in [5.41, 5.74) is 2.30. The van der Waals surface area contributed by atoms with Crippen molar-refractivity contribution in [2.45, 2.75) is 33.2 Å². The van der Waals surface area contributed by atoms with E-state index in [1.165, 1.54) is 10.4 Å². The van der Waals surface area contributed by atoms with Crippen molar-refractivity contribution < 1.29 is 14.3 Å². The minimum Gasteiger partial charge on any atom is -0.454 e. The Morgan fingerprint density at radius 1 is 1.15 bits per heavy atom. The van der Waals surface area contributed by atoms with Crippen molar-refractivity contribution >= 4 is 17.2 Å². The summed E-state index contributed by atoms with van der Waals surface area (Å²) in [6, 6.07) is 6.11. The van der Waals surface area contributed by atoms with E-state index < -0.39 is 0 Å². The Kier molecular flexibility index (Phi) is 5.31. The lowest BCUT2D eigenvalue weighted by molar-refractivity contribution is -0.133. The van der Waals surface area contributed by atoms with Gasteiger partial charge < -0.3 is 14.4 Å². The molecule has 2 aliphatic heterocycles. The van der Waals surface area contributed by atoms with Crippen molar-refractivity contribution in [2.75, 3.05) is 33.0 Å². The Labute approximate surface area is 163 Å². The van der Waals surface area contributed by atoms with Crippen molar-refractivity contribution in [2.24, 2.45) is 0 Å². The van der Waals surface area contributed by atoms with Crippen LogP contribution in [0.4, 0.5) is 0 Å². The van der Waals surface area contributed by atoms with Crippen molar-refractivity contribution in [1.82, 2.24) is 14.8 Å². The molecule has 4 rings (SSSR count). The number of hydrogen-bond acceptors (Lipinski definition) is 6. The van der Waals surface area contributed by atoms with Crippen LogP contribution in [0.3, 0.4) is 0 Å². The van der Waals surface area contributed by atoms with Crippen LogP contribution in [-0.4, -0.2) is 53.7 Å². The maximum absolute atomic E-state index is 12.5. The number of benzene rings is 1. The topological polar surface area (TPSA) is 54.9 Å². The zero-order chi connectivity index (χ0) is 18.8. The smallest absolute Gasteiger partial charge is 0.231 e. The number of carbonyl (C=O) groups is 1. The third-order valence-corrected chi connectivity index (χ3v) is 6.33. The number of amides is 1. The fraction of sp³-hybridized carbons (Fsp3) is 0.500. The van der Waals surface area contributed by atoms with E-state index in [-0.39, 0.29) is 5.91 Å². The van der Waals surface area contributed by atoms with Gasteiger partial charge in [-0.2, -0.15) is 0 Å². The summed E-state index contributed by atoms with van der Waals surface area (Å²) in [6.45, 7) is 8.66. The molecule has 27 heavy (non-hydrogen) atoms. The van der Waals surface area contributed by atoms with Gasteiger partial charge in [-0.05, 0) is 31.5 Å². The Morgan fingerprint density at radius 3 is 2.67 bits per heavy atom. The fourth-order valence-electron chi connectivity index (χ4n) is 3.47. The van der Waals surface area contributed by atoms with Gasteiger partial charge in [-0.3, -0.25) is 9.69 Å². The Hall–Kier alpha value is -2.12. The third kappa shape index (κ3) is 4.25. The molecule has 0 atom stereocenters. The molecule has 0 bridgehead atoms. The number of nitrogens with zero attached hydrogens (tertiary/aromatic N) is 3. The normalized spacial score (nSPS) is 16.7. The number of hydrogen-bond donors (Lipinski definition) is 0. The molecule has 0 saturated carbocycles. The monoisotopic (exact) mass is 387 g/mol. The molecule has 1 aromatic carbocycles. The molecule has 0 aliphatic carbocycles. The van der Waals surface area contributed by atoms with Crippen molar-refractivity contribution in [1.29, 1.82) is 0 Å². The highest BCUT2D eigenvalue weighted by atomic mass is 32.1. The molecule has 0 spiro atoms. The maximum Gasteiger partial charge on any atom is 0.231 e. The molecule has 3 heterocycles. The SMILES string of the molecule is Cc1nc(CCC(=O)N2CCN(Cc3ccc4c(c3)OCO4)CC2)sc1C. The predicted molar refractivity (Wildman–Crippen MR) is 104 cm³/mol. The molecule has 1 aromatic heterocycles. The van der Waals surface area contributed by atoms with Crippen LogP contribution in [0.5, 0.6) is 11.5 Å². The molecule has 0 unspecified atom stereocenters. The van der Waals surface area contributed by atoms with Crippen LogP contribution in [0.2, 0.25) is 0 Å². The Balaban J connectivity index is 1.24. The van der Waals surface area contributed by atoms with Gasteiger partial charge in [0.1, 0.15) is 0 Å². The van der Waals surface area contributed by atoms with E-state index in [0.717, 1.165) is 61.3 Å². The van der Waals surface area contributed by atoms with Gasteiger partial charge in [0, 0.05) is 50.4 Å². The van der Waals surface area contributed by atoms with Crippen LogP contribution in [0.1, 0.15) is 27.6 Å². The summed E-state index contributed by atoms with van der Waals surface area (Å²) in [5.74, 6) is 1.89. The van der Waals surface area contributed by atoms with E-state index in [1.807, 2.05) is 17.9 Å². The van der Waals surface area contributed by atoms with E-state index in [9.17, 15) is 4.79 Å². The second-order valence-corrected chi connectivity index (χ2v) is 8.38. The molecule has 1 amide bonds. The predicted octanol–water partition coefficient (Wildman–Crippen LogP) is 2.77. The number of piperazine rings is 1. The molecule has 0 radical (unpaired) electrons. The molecule has 144 valence electrons. The molecule has 2 aliphatic rings. The van der Waals surface area contributed by atoms with Gasteiger partial charge in [0.05, 0.1) is 10.7 Å². The van der Waals surface area contributed by atoms with E-state index >= 15 is 0 Å². The van der Waals surface area contributed by atoms with E-state index in [2.05, 4.69) is 28.9 Å². The van der Waals surface area contributed by atoms with Gasteiger partial charge in [0.2, 0.25) is 12.7 Å². The van der Waals surface area contributed by atoms with Crippen molar-refractivity contribution in [3.8, 4) is 11.5 Å². The Morgan fingerprint density at radius 2 is 1.93 bits per heavy atom. The van der Waals surface area contributed by atoms with Gasteiger partial charge in [-0.25, -0.2) is 4.98 Å². The minimum atomic E-state index is 0.239. The first-order chi connectivity index (χ1) is 13.1. The summed E-state index contributed by atoms with van der Waals surface area (Å²) >= 11 is 1.70. The lowest BCUT2D eigenvalue weighted by atomic mass is 10.1. The van der Waals surface area contributed by atoms with Gasteiger partial charge in [0.25, 0.3) is 0 Å². The second-order valence-electron chi connectivity index (χ2n) is 7.09. The van der Waals surface area contributed by atoms with E-state index in [4.69, 9.17) is 9.47 Å². The third-order valence-electron chi connectivity index (χ3n) is 5.19. The zero-order valence-corrected chi connectivity index (χ0v) is 16.7. The maximum atomic E-state index is 12.5. The first-order valence-corrected chi connectivity index (χ1v) is 10.2. The summed E-state index contributed by atoms with van der Waals surface area (Å²) in [7, 11) is 0. The highest BCUT2D eigenvalue weighted by molar-refractivity contribution is 7.11. The second kappa shape index (κ2) is 7.86. The van der Waals surface area contributed by atoms with Crippen LogP contribution in [-0.2, 0) is 17.8 Å². The minimum absolute atomic E-state index is 0.239. The van der Waals surface area contributed by atoms with E-state index in [0.29, 0.717) is 13.2 Å². The van der Waals surface area contributed by atoms with Gasteiger partial charge in [-0.15, -0.1) is 11.3 Å². The van der Waals surface area contributed by atoms with Crippen LogP contribution in [0, 0.1) is 13.8 Å². The average molecular weight is 388 g/mol. The number of aryl methyl sites for hydroxylation is 3. The zero-order valence-electron chi connectivity index (χ0n) is 15.9. The summed E-state index contributed by atoms with van der Waals surface area (Å²) in [5, 5.41) is 1.07. The first-order valence-electron chi connectivity index (χ1n) is 9.40. The number of thiazole rings is 1. The van der Waals surface area contributed by atoms with Crippen LogP contribution in [0.25, 0.3) is 0 Å². The van der Waals surface area contributed by atoms with Gasteiger partial charge in [-0.1, -0.05) is 6.07 Å². The number of ether oxygens (including phenoxy) is 2. The largest absolute Gasteiger partial charge is 0.454 e. The molecule has 1 saturated heterocycles. The van der Waals surface area contributed by atoms with Gasteiger partial charge >= 0.3 is 0 Å². The molecular weight excluding hydrogens is 362 g/mol. The Bertz CT molecular complexity index is 808. The molecular formula is C20H25N3O3S. The summed E-state index contributed by atoms with van der Waals surface area (Å²) in [4.78, 5) is 22.7. The summed E-state index contributed by atoms with van der Waals surface area (Å²) < 4.78 is 10.8. The van der Waals surface area contributed by atoms with Crippen LogP contribution >= 0.6 is 11.3 Å². The average Bonchev–Trinajstić information content (AvgIpc) is 3.26. The molecule has 2 aromatic rings. The molecule has 0 N–H and O–H groups in total.